The fourth-order valence-electron chi connectivity index (χ4n) is 3.35. The Kier molecular flexibility index (Phi) is 9.84. The fourth-order valence-corrected chi connectivity index (χ4v) is 3.35. The van der Waals surface area contributed by atoms with E-state index in [-0.39, 0.29) is 6.09 Å². The molecule has 0 atom stereocenters. The van der Waals surface area contributed by atoms with E-state index in [2.05, 4.69) is 4.90 Å². The summed E-state index contributed by atoms with van der Waals surface area (Å²) in [7, 11) is 4.61. The van der Waals surface area contributed by atoms with E-state index in [4.69, 9.17) is 23.7 Å². The van der Waals surface area contributed by atoms with Crippen molar-refractivity contribution in [2.45, 2.75) is 32.8 Å². The van der Waals surface area contributed by atoms with Crippen LogP contribution in [-0.4, -0.2) is 88.1 Å². The molecule has 1 aromatic carbocycles. The minimum Gasteiger partial charge on any atom is -0.493 e. The summed E-state index contributed by atoms with van der Waals surface area (Å²) in [5.74, 6) is 1.10. The molecule has 0 unspecified atom stereocenters. The monoisotopic (exact) mass is 464 g/mol. The predicted molar refractivity (Wildman–Crippen MR) is 125 cm³/mol. The lowest BCUT2D eigenvalue weighted by molar-refractivity contribution is -0.137. The number of piperazine rings is 1. The van der Waals surface area contributed by atoms with Crippen molar-refractivity contribution in [3.63, 3.8) is 0 Å². The number of rotatable bonds is 9. The second-order valence-electron chi connectivity index (χ2n) is 8.62. The van der Waals surface area contributed by atoms with Gasteiger partial charge in [0.25, 0.3) is 0 Å². The summed E-state index contributed by atoms with van der Waals surface area (Å²) >= 11 is 0. The molecule has 0 spiro atoms. The molecule has 9 nitrogen and oxygen atoms in total. The van der Waals surface area contributed by atoms with Gasteiger partial charge in [-0.15, -0.1) is 0 Å². The zero-order valence-corrected chi connectivity index (χ0v) is 20.5. The third-order valence-corrected chi connectivity index (χ3v) is 4.99. The minimum atomic E-state index is -0.488. The van der Waals surface area contributed by atoms with Crippen molar-refractivity contribution in [2.24, 2.45) is 0 Å². The maximum Gasteiger partial charge on any atom is 0.410 e. The lowest BCUT2D eigenvalue weighted by Gasteiger charge is -2.35. The van der Waals surface area contributed by atoms with Crippen LogP contribution >= 0.6 is 0 Å². The summed E-state index contributed by atoms with van der Waals surface area (Å²) in [6.07, 6.45) is 3.47. The molecule has 0 bridgehead atoms. The Morgan fingerprint density at radius 2 is 1.58 bits per heavy atom. The highest BCUT2D eigenvalue weighted by Crippen LogP contribution is 2.38. The van der Waals surface area contributed by atoms with Gasteiger partial charge >= 0.3 is 12.1 Å². The molecule has 1 aromatic rings. The standard InChI is InChI=1S/C24H36N2O7/c1-24(2,3)33-23(28)26-13-11-25(12-14-26)10-7-15-32-21(27)9-8-18-16-19(29-4)22(31-6)20(17-18)30-5/h8-9,16-17H,7,10-15H2,1-6H3/b9-8+. The molecule has 184 valence electrons. The lowest BCUT2D eigenvalue weighted by atomic mass is 10.1. The number of ether oxygens (including phenoxy) is 5. The molecular weight excluding hydrogens is 428 g/mol. The Labute approximate surface area is 196 Å². The Bertz CT molecular complexity index is 800. The average molecular weight is 465 g/mol. The van der Waals surface area contributed by atoms with Gasteiger partial charge in [0, 0.05) is 38.8 Å². The van der Waals surface area contributed by atoms with Crippen LogP contribution in [0.25, 0.3) is 6.08 Å². The molecule has 0 aromatic heterocycles. The van der Waals surface area contributed by atoms with Crippen molar-refractivity contribution in [2.75, 3.05) is 60.7 Å². The first-order chi connectivity index (χ1) is 15.7. The number of hydrogen-bond donors (Lipinski definition) is 0. The van der Waals surface area contributed by atoms with Gasteiger partial charge in [-0.2, -0.15) is 0 Å². The average Bonchev–Trinajstić information content (AvgIpc) is 2.78. The first-order valence-electron chi connectivity index (χ1n) is 11.0. The molecule has 1 amide bonds. The molecule has 0 saturated carbocycles. The van der Waals surface area contributed by atoms with Gasteiger partial charge in [0.15, 0.2) is 11.5 Å². The summed E-state index contributed by atoms with van der Waals surface area (Å²) in [4.78, 5) is 28.2. The van der Waals surface area contributed by atoms with Crippen LogP contribution < -0.4 is 14.2 Å². The Morgan fingerprint density at radius 3 is 2.09 bits per heavy atom. The summed E-state index contributed by atoms with van der Waals surface area (Å²) in [5.41, 5.74) is 0.238. The van der Waals surface area contributed by atoms with E-state index in [1.165, 1.54) is 27.4 Å². The third kappa shape index (κ3) is 8.49. The molecule has 1 saturated heterocycles. The first kappa shape index (κ1) is 26.3. The first-order valence-corrected chi connectivity index (χ1v) is 11.0. The minimum absolute atomic E-state index is 0.269. The van der Waals surface area contributed by atoms with Crippen molar-refractivity contribution in [3.8, 4) is 17.2 Å². The summed E-state index contributed by atoms with van der Waals surface area (Å²) in [6, 6.07) is 3.50. The molecule has 33 heavy (non-hydrogen) atoms. The van der Waals surface area contributed by atoms with Gasteiger partial charge in [0.05, 0.1) is 27.9 Å². The van der Waals surface area contributed by atoms with Crippen LogP contribution in [0, 0.1) is 0 Å². The molecular formula is C24H36N2O7. The number of esters is 1. The molecule has 0 aliphatic carbocycles. The number of hydrogen-bond acceptors (Lipinski definition) is 8. The highest BCUT2D eigenvalue weighted by molar-refractivity contribution is 5.87. The number of benzene rings is 1. The van der Waals surface area contributed by atoms with Gasteiger partial charge in [0.1, 0.15) is 5.60 Å². The van der Waals surface area contributed by atoms with E-state index < -0.39 is 11.6 Å². The van der Waals surface area contributed by atoms with Gasteiger partial charge in [0.2, 0.25) is 5.75 Å². The number of amides is 1. The van der Waals surface area contributed by atoms with Gasteiger partial charge in [-0.25, -0.2) is 9.59 Å². The van der Waals surface area contributed by atoms with Crippen LogP contribution in [0.1, 0.15) is 32.8 Å². The van der Waals surface area contributed by atoms with Crippen LogP contribution in [-0.2, 0) is 14.3 Å². The highest BCUT2D eigenvalue weighted by Gasteiger charge is 2.25. The van der Waals surface area contributed by atoms with Crippen molar-refractivity contribution in [3.05, 3.63) is 23.8 Å². The molecule has 1 aliphatic heterocycles. The summed E-state index contributed by atoms with van der Waals surface area (Å²) in [6.45, 7) is 9.52. The van der Waals surface area contributed by atoms with Crippen LogP contribution in [0.2, 0.25) is 0 Å². The van der Waals surface area contributed by atoms with Crippen LogP contribution in [0.15, 0.2) is 18.2 Å². The number of nitrogens with zero attached hydrogens (tertiary/aromatic N) is 2. The molecule has 1 fully saturated rings. The molecule has 1 heterocycles. The fraction of sp³-hybridized carbons (Fsp3) is 0.583. The van der Waals surface area contributed by atoms with E-state index in [0.717, 1.165) is 31.6 Å². The summed E-state index contributed by atoms with van der Waals surface area (Å²) in [5, 5.41) is 0. The Hall–Kier alpha value is -2.94. The van der Waals surface area contributed by atoms with E-state index in [0.29, 0.717) is 36.9 Å². The van der Waals surface area contributed by atoms with Crippen LogP contribution in [0.4, 0.5) is 4.79 Å². The second-order valence-corrected chi connectivity index (χ2v) is 8.62. The van der Waals surface area contributed by atoms with Gasteiger partial charge in [-0.05, 0) is 51.0 Å². The quantitative estimate of drug-likeness (QED) is 0.313. The van der Waals surface area contributed by atoms with Gasteiger partial charge in [-0.1, -0.05) is 0 Å². The van der Waals surface area contributed by atoms with E-state index in [1.54, 1.807) is 23.1 Å². The van der Waals surface area contributed by atoms with Crippen molar-refractivity contribution in [1.29, 1.82) is 0 Å². The zero-order valence-electron chi connectivity index (χ0n) is 20.5. The third-order valence-electron chi connectivity index (χ3n) is 4.99. The predicted octanol–water partition coefficient (Wildman–Crippen LogP) is 3.21. The smallest absolute Gasteiger partial charge is 0.410 e. The number of methoxy groups -OCH3 is 3. The maximum absolute atomic E-state index is 12.1. The zero-order chi connectivity index (χ0) is 24.4. The molecule has 9 heteroatoms. The second kappa shape index (κ2) is 12.3. The largest absolute Gasteiger partial charge is 0.493 e. The van der Waals surface area contributed by atoms with Crippen molar-refractivity contribution < 1.29 is 33.3 Å². The van der Waals surface area contributed by atoms with Crippen molar-refractivity contribution >= 4 is 18.1 Å². The molecule has 1 aliphatic rings. The SMILES string of the molecule is COc1cc(/C=C/C(=O)OCCCN2CCN(C(=O)OC(C)(C)C)CC2)cc(OC)c1OC. The Balaban J connectivity index is 1.72. The van der Waals surface area contributed by atoms with E-state index in [9.17, 15) is 9.59 Å². The lowest BCUT2D eigenvalue weighted by Crippen LogP contribution is -2.50. The normalized spacial score (nSPS) is 14.8. The number of carbonyl (C=O) groups excluding carboxylic acids is 2. The molecule has 0 radical (unpaired) electrons. The van der Waals surface area contributed by atoms with Crippen LogP contribution in [0.3, 0.4) is 0 Å². The van der Waals surface area contributed by atoms with Gasteiger partial charge in [-0.3, -0.25) is 4.90 Å². The molecule has 2 rings (SSSR count). The highest BCUT2D eigenvalue weighted by atomic mass is 16.6. The van der Waals surface area contributed by atoms with Crippen molar-refractivity contribution in [1.82, 2.24) is 9.80 Å². The van der Waals surface area contributed by atoms with Gasteiger partial charge < -0.3 is 28.6 Å². The maximum atomic E-state index is 12.1. The van der Waals surface area contributed by atoms with Crippen LogP contribution in [0.5, 0.6) is 17.2 Å². The number of carbonyl (C=O) groups is 2. The van der Waals surface area contributed by atoms with E-state index >= 15 is 0 Å². The topological polar surface area (TPSA) is 86.8 Å². The molecule has 0 N–H and O–H groups in total. The van der Waals surface area contributed by atoms with E-state index in [1.807, 2.05) is 20.8 Å². The Morgan fingerprint density at radius 1 is 0.970 bits per heavy atom. The summed E-state index contributed by atoms with van der Waals surface area (Å²) < 4.78 is 26.6.